The van der Waals surface area contributed by atoms with Gasteiger partial charge in [-0.2, -0.15) is 0 Å². The van der Waals surface area contributed by atoms with Crippen LogP contribution in [0, 0.1) is 6.92 Å². The van der Waals surface area contributed by atoms with Gasteiger partial charge in [0.05, 0.1) is 12.7 Å². The Hall–Kier alpha value is -2.50. The highest BCUT2D eigenvalue weighted by molar-refractivity contribution is 5.95. The van der Waals surface area contributed by atoms with Crippen molar-refractivity contribution in [3.05, 3.63) is 41.5 Å². The highest BCUT2D eigenvalue weighted by atomic mass is 16.5. The van der Waals surface area contributed by atoms with Gasteiger partial charge in [0.2, 0.25) is 0 Å². The second-order valence-electron chi connectivity index (χ2n) is 6.61. The standard InChI is InChI=1S/C19H25N3O3/c1-13(2)17-12-16(14(3)25-17)19(23)22-9-7-21(8-10-22)18-11-15(24-4)5-6-20-18/h5-6,11-13H,7-10H2,1-4H3. The van der Waals surface area contributed by atoms with Gasteiger partial charge in [-0.15, -0.1) is 0 Å². The third-order valence-corrected chi connectivity index (χ3v) is 4.58. The normalized spacial score (nSPS) is 14.9. The summed E-state index contributed by atoms with van der Waals surface area (Å²) in [5.41, 5.74) is 0.677. The first-order chi connectivity index (χ1) is 12.0. The largest absolute Gasteiger partial charge is 0.497 e. The Balaban J connectivity index is 1.66. The molecule has 0 saturated carbocycles. The van der Waals surface area contributed by atoms with E-state index in [1.807, 2.05) is 30.0 Å². The molecule has 6 nitrogen and oxygen atoms in total. The fourth-order valence-corrected chi connectivity index (χ4v) is 3.01. The van der Waals surface area contributed by atoms with E-state index in [4.69, 9.17) is 9.15 Å². The van der Waals surface area contributed by atoms with Crippen LogP contribution in [-0.4, -0.2) is 49.1 Å². The second-order valence-corrected chi connectivity index (χ2v) is 6.61. The van der Waals surface area contributed by atoms with Crippen molar-refractivity contribution in [3.63, 3.8) is 0 Å². The number of hydrogen-bond donors (Lipinski definition) is 0. The van der Waals surface area contributed by atoms with E-state index >= 15 is 0 Å². The SMILES string of the molecule is COc1ccnc(N2CCN(C(=O)c3cc(C(C)C)oc3C)CC2)c1. The average Bonchev–Trinajstić information content (AvgIpc) is 3.03. The number of aromatic nitrogens is 1. The molecule has 0 bridgehead atoms. The number of aryl methyl sites for hydroxylation is 1. The Kier molecular flexibility index (Phi) is 4.97. The predicted octanol–water partition coefficient (Wildman–Crippen LogP) is 3.08. The van der Waals surface area contributed by atoms with Crippen LogP contribution in [0.4, 0.5) is 5.82 Å². The zero-order chi connectivity index (χ0) is 18.0. The summed E-state index contributed by atoms with van der Waals surface area (Å²) >= 11 is 0. The van der Waals surface area contributed by atoms with Crippen LogP contribution in [0.25, 0.3) is 0 Å². The van der Waals surface area contributed by atoms with Gasteiger partial charge in [-0.1, -0.05) is 13.8 Å². The molecule has 0 radical (unpaired) electrons. The Morgan fingerprint density at radius 2 is 1.96 bits per heavy atom. The zero-order valence-corrected chi connectivity index (χ0v) is 15.3. The molecule has 0 aliphatic carbocycles. The Morgan fingerprint density at radius 1 is 1.24 bits per heavy atom. The number of pyridine rings is 1. The van der Waals surface area contributed by atoms with E-state index in [0.29, 0.717) is 24.4 Å². The number of ether oxygens (including phenoxy) is 1. The fraction of sp³-hybridized carbons (Fsp3) is 0.474. The van der Waals surface area contributed by atoms with Crippen LogP contribution in [0.5, 0.6) is 5.75 Å². The summed E-state index contributed by atoms with van der Waals surface area (Å²) < 4.78 is 11.0. The average molecular weight is 343 g/mol. The molecule has 25 heavy (non-hydrogen) atoms. The molecule has 1 saturated heterocycles. The first kappa shape index (κ1) is 17.3. The van der Waals surface area contributed by atoms with E-state index in [1.54, 1.807) is 13.3 Å². The van der Waals surface area contributed by atoms with Crippen molar-refractivity contribution in [3.8, 4) is 5.75 Å². The van der Waals surface area contributed by atoms with E-state index in [0.717, 1.165) is 30.4 Å². The number of methoxy groups -OCH3 is 1. The van der Waals surface area contributed by atoms with Gasteiger partial charge in [0.15, 0.2) is 0 Å². The van der Waals surface area contributed by atoms with Gasteiger partial charge in [0.1, 0.15) is 23.1 Å². The van der Waals surface area contributed by atoms with Gasteiger partial charge >= 0.3 is 0 Å². The number of carbonyl (C=O) groups is 1. The summed E-state index contributed by atoms with van der Waals surface area (Å²) in [6.07, 6.45) is 1.74. The minimum atomic E-state index is 0.0476. The summed E-state index contributed by atoms with van der Waals surface area (Å²) in [5.74, 6) is 3.56. The maximum atomic E-state index is 12.8. The lowest BCUT2D eigenvalue weighted by Gasteiger charge is -2.35. The molecule has 0 aromatic carbocycles. The summed E-state index contributed by atoms with van der Waals surface area (Å²) in [7, 11) is 1.65. The molecule has 1 fully saturated rings. The molecule has 134 valence electrons. The highest BCUT2D eigenvalue weighted by Gasteiger charge is 2.26. The van der Waals surface area contributed by atoms with Gasteiger partial charge < -0.3 is 19.0 Å². The van der Waals surface area contributed by atoms with Crippen molar-refractivity contribution in [2.45, 2.75) is 26.7 Å². The fourth-order valence-electron chi connectivity index (χ4n) is 3.01. The molecule has 1 amide bonds. The molecule has 3 rings (SSSR count). The number of amides is 1. The summed E-state index contributed by atoms with van der Waals surface area (Å²) in [6, 6.07) is 5.64. The number of furan rings is 1. The van der Waals surface area contributed by atoms with Crippen LogP contribution in [0.15, 0.2) is 28.8 Å². The number of carbonyl (C=O) groups excluding carboxylic acids is 1. The van der Waals surface area contributed by atoms with Crippen LogP contribution in [0.1, 0.15) is 41.6 Å². The number of piperazine rings is 1. The van der Waals surface area contributed by atoms with Crippen LogP contribution >= 0.6 is 0 Å². The minimum absolute atomic E-state index is 0.0476. The molecule has 3 heterocycles. The number of anilines is 1. The van der Waals surface area contributed by atoms with Crippen molar-refractivity contribution < 1.29 is 13.9 Å². The molecule has 0 atom stereocenters. The number of rotatable bonds is 4. The van der Waals surface area contributed by atoms with Gasteiger partial charge in [-0.05, 0) is 19.1 Å². The lowest BCUT2D eigenvalue weighted by molar-refractivity contribution is 0.0744. The minimum Gasteiger partial charge on any atom is -0.497 e. The monoisotopic (exact) mass is 343 g/mol. The lowest BCUT2D eigenvalue weighted by atomic mass is 10.1. The maximum absolute atomic E-state index is 12.8. The molecule has 6 heteroatoms. The topological polar surface area (TPSA) is 58.8 Å². The third-order valence-electron chi connectivity index (χ3n) is 4.58. The van der Waals surface area contributed by atoms with Crippen molar-refractivity contribution in [2.24, 2.45) is 0 Å². The molecule has 2 aromatic rings. The Bertz CT molecular complexity index is 746. The molecular formula is C19H25N3O3. The molecule has 0 spiro atoms. The van der Waals surface area contributed by atoms with Crippen molar-refractivity contribution >= 4 is 11.7 Å². The second kappa shape index (κ2) is 7.17. The molecule has 0 N–H and O–H groups in total. The number of hydrogen-bond acceptors (Lipinski definition) is 5. The molecular weight excluding hydrogens is 318 g/mol. The molecule has 1 aliphatic rings. The molecule has 1 aliphatic heterocycles. The lowest BCUT2D eigenvalue weighted by Crippen LogP contribution is -2.49. The molecule has 0 unspecified atom stereocenters. The Labute approximate surface area is 148 Å². The van der Waals surface area contributed by atoms with Crippen LogP contribution in [0.2, 0.25) is 0 Å². The van der Waals surface area contributed by atoms with Gasteiger partial charge in [0, 0.05) is 44.4 Å². The van der Waals surface area contributed by atoms with E-state index in [-0.39, 0.29) is 11.8 Å². The first-order valence-electron chi connectivity index (χ1n) is 8.64. The number of nitrogens with zero attached hydrogens (tertiary/aromatic N) is 3. The summed E-state index contributed by atoms with van der Waals surface area (Å²) in [4.78, 5) is 21.3. The van der Waals surface area contributed by atoms with Gasteiger partial charge in [-0.25, -0.2) is 4.98 Å². The van der Waals surface area contributed by atoms with Crippen LogP contribution in [-0.2, 0) is 0 Å². The van der Waals surface area contributed by atoms with Gasteiger partial charge in [-0.3, -0.25) is 4.79 Å². The third kappa shape index (κ3) is 3.62. The summed E-state index contributed by atoms with van der Waals surface area (Å²) in [5, 5.41) is 0. The van der Waals surface area contributed by atoms with Gasteiger partial charge in [0.25, 0.3) is 5.91 Å². The smallest absolute Gasteiger partial charge is 0.257 e. The van der Waals surface area contributed by atoms with Crippen LogP contribution < -0.4 is 9.64 Å². The quantitative estimate of drug-likeness (QED) is 0.854. The Morgan fingerprint density at radius 3 is 2.56 bits per heavy atom. The van der Waals surface area contributed by atoms with Crippen molar-refractivity contribution in [2.75, 3.05) is 38.2 Å². The molecule has 2 aromatic heterocycles. The zero-order valence-electron chi connectivity index (χ0n) is 15.3. The highest BCUT2D eigenvalue weighted by Crippen LogP contribution is 2.24. The maximum Gasteiger partial charge on any atom is 0.257 e. The van der Waals surface area contributed by atoms with E-state index in [2.05, 4.69) is 23.7 Å². The van der Waals surface area contributed by atoms with E-state index < -0.39 is 0 Å². The van der Waals surface area contributed by atoms with Crippen LogP contribution in [0.3, 0.4) is 0 Å². The van der Waals surface area contributed by atoms with E-state index in [1.165, 1.54) is 0 Å². The van der Waals surface area contributed by atoms with Crippen molar-refractivity contribution in [1.29, 1.82) is 0 Å². The summed E-state index contributed by atoms with van der Waals surface area (Å²) in [6.45, 7) is 8.81. The van der Waals surface area contributed by atoms with Crippen molar-refractivity contribution in [1.82, 2.24) is 9.88 Å². The first-order valence-corrected chi connectivity index (χ1v) is 8.64. The van der Waals surface area contributed by atoms with E-state index in [9.17, 15) is 4.79 Å². The predicted molar refractivity (Wildman–Crippen MR) is 96.4 cm³/mol.